The summed E-state index contributed by atoms with van der Waals surface area (Å²) in [7, 11) is 0. The Hall–Kier alpha value is -1.87. The average Bonchev–Trinajstić information content (AvgIpc) is 3.23. The molecule has 0 bridgehead atoms. The predicted molar refractivity (Wildman–Crippen MR) is 72.0 cm³/mol. The van der Waals surface area contributed by atoms with Gasteiger partial charge in [0.1, 0.15) is 12.7 Å². The molecule has 1 aliphatic heterocycles. The van der Waals surface area contributed by atoms with E-state index in [1.165, 1.54) is 11.6 Å². The first-order valence-electron chi connectivity index (χ1n) is 5.82. The van der Waals surface area contributed by atoms with Crippen LogP contribution in [0.5, 0.6) is 0 Å². The van der Waals surface area contributed by atoms with Crippen molar-refractivity contribution in [3.8, 4) is 0 Å². The maximum absolute atomic E-state index is 10.6. The minimum atomic E-state index is -0.231. The van der Waals surface area contributed by atoms with Crippen molar-refractivity contribution in [2.45, 2.75) is 12.5 Å². The number of carbonyl (C=O) groups excluding carboxylic acids is 1. The van der Waals surface area contributed by atoms with Crippen molar-refractivity contribution in [2.75, 3.05) is 13.2 Å². The topological polar surface area (TPSA) is 38.8 Å². The first kappa shape index (κ1) is 14.2. The smallest absolute Gasteiger partial charge is 0.309 e. The molecule has 1 aromatic rings. The molecule has 0 aliphatic carbocycles. The van der Waals surface area contributed by atoms with Crippen molar-refractivity contribution in [1.29, 1.82) is 0 Å². The number of benzene rings is 1. The van der Waals surface area contributed by atoms with Gasteiger partial charge in [-0.3, -0.25) is 4.79 Å². The van der Waals surface area contributed by atoms with Crippen LogP contribution in [0, 0.1) is 0 Å². The summed E-state index contributed by atoms with van der Waals surface area (Å²) in [5.41, 5.74) is 1.17. The Balaban J connectivity index is 0.000000184. The SMILES string of the molecule is C=CCC(=O)OCC1CO1.C=Cc1ccccc1. The lowest BCUT2D eigenvalue weighted by Crippen LogP contribution is -2.08. The summed E-state index contributed by atoms with van der Waals surface area (Å²) in [6.07, 6.45) is 3.80. The zero-order valence-electron chi connectivity index (χ0n) is 10.4. The monoisotopic (exact) mass is 246 g/mol. The van der Waals surface area contributed by atoms with E-state index in [4.69, 9.17) is 9.47 Å². The third-order valence-corrected chi connectivity index (χ3v) is 2.18. The number of carbonyl (C=O) groups is 1. The van der Waals surface area contributed by atoms with E-state index < -0.39 is 0 Å². The van der Waals surface area contributed by atoms with Crippen molar-refractivity contribution in [3.63, 3.8) is 0 Å². The molecule has 3 heteroatoms. The Kier molecular flexibility index (Phi) is 6.51. The summed E-state index contributed by atoms with van der Waals surface area (Å²) < 4.78 is 9.61. The van der Waals surface area contributed by atoms with Crippen LogP contribution in [0.4, 0.5) is 0 Å². The van der Waals surface area contributed by atoms with Gasteiger partial charge in [-0.25, -0.2) is 0 Å². The third kappa shape index (κ3) is 6.66. The minimum absolute atomic E-state index is 0.161. The van der Waals surface area contributed by atoms with E-state index in [2.05, 4.69) is 13.2 Å². The van der Waals surface area contributed by atoms with Gasteiger partial charge >= 0.3 is 5.97 Å². The van der Waals surface area contributed by atoms with Crippen molar-refractivity contribution in [1.82, 2.24) is 0 Å². The van der Waals surface area contributed by atoms with Gasteiger partial charge in [0.05, 0.1) is 13.0 Å². The van der Waals surface area contributed by atoms with Gasteiger partial charge in [0.15, 0.2) is 0 Å². The van der Waals surface area contributed by atoms with E-state index in [-0.39, 0.29) is 18.5 Å². The zero-order valence-corrected chi connectivity index (χ0v) is 10.4. The molecule has 18 heavy (non-hydrogen) atoms. The molecule has 0 amide bonds. The normalized spacial score (nSPS) is 15.9. The lowest BCUT2D eigenvalue weighted by molar-refractivity contribution is -0.143. The summed E-state index contributed by atoms with van der Waals surface area (Å²) in [5, 5.41) is 0. The fraction of sp³-hybridized carbons (Fsp3) is 0.267. The van der Waals surface area contributed by atoms with Crippen LogP contribution in [-0.4, -0.2) is 25.3 Å². The lowest BCUT2D eigenvalue weighted by Gasteiger charge is -1.97. The van der Waals surface area contributed by atoms with E-state index in [0.29, 0.717) is 6.61 Å². The van der Waals surface area contributed by atoms with Gasteiger partial charge < -0.3 is 9.47 Å². The van der Waals surface area contributed by atoms with E-state index in [1.807, 2.05) is 36.4 Å². The Morgan fingerprint density at radius 3 is 2.50 bits per heavy atom. The van der Waals surface area contributed by atoms with Gasteiger partial charge in [0.2, 0.25) is 0 Å². The fourth-order valence-electron chi connectivity index (χ4n) is 1.12. The molecule has 1 heterocycles. The Labute approximate surface area is 108 Å². The first-order chi connectivity index (χ1) is 8.76. The van der Waals surface area contributed by atoms with Crippen LogP contribution in [0.3, 0.4) is 0 Å². The summed E-state index contributed by atoms with van der Waals surface area (Å²) in [4.78, 5) is 10.6. The highest BCUT2D eigenvalue weighted by atomic mass is 16.6. The molecule has 1 fully saturated rings. The fourth-order valence-corrected chi connectivity index (χ4v) is 1.12. The van der Waals surface area contributed by atoms with Gasteiger partial charge in [-0.05, 0) is 5.56 Å². The molecule has 1 saturated heterocycles. The Morgan fingerprint density at radius 1 is 1.39 bits per heavy atom. The molecular weight excluding hydrogens is 228 g/mol. The van der Waals surface area contributed by atoms with E-state index >= 15 is 0 Å². The molecule has 1 aromatic carbocycles. The summed E-state index contributed by atoms with van der Waals surface area (Å²) in [5.74, 6) is -0.231. The molecule has 1 aliphatic rings. The molecule has 96 valence electrons. The van der Waals surface area contributed by atoms with Crippen LogP contribution >= 0.6 is 0 Å². The standard InChI is InChI=1S/C8H8.C7H10O3/c1-2-8-6-4-3-5-7-8;1-2-3-7(8)10-5-6-4-9-6/h2-7H,1H2;2,6H,1,3-5H2. The maximum atomic E-state index is 10.6. The van der Waals surface area contributed by atoms with Gasteiger partial charge in [-0.2, -0.15) is 0 Å². The molecular formula is C15H18O3. The van der Waals surface area contributed by atoms with Gasteiger partial charge in [0, 0.05) is 0 Å². The highest BCUT2D eigenvalue weighted by Crippen LogP contribution is 2.08. The van der Waals surface area contributed by atoms with Crippen LogP contribution in [0.1, 0.15) is 12.0 Å². The molecule has 0 spiro atoms. The first-order valence-corrected chi connectivity index (χ1v) is 5.82. The van der Waals surface area contributed by atoms with E-state index in [1.54, 1.807) is 0 Å². The van der Waals surface area contributed by atoms with E-state index in [0.717, 1.165) is 6.61 Å². The number of hydrogen-bond donors (Lipinski definition) is 0. The lowest BCUT2D eigenvalue weighted by atomic mass is 10.2. The van der Waals surface area contributed by atoms with Gasteiger partial charge in [-0.15, -0.1) is 6.58 Å². The van der Waals surface area contributed by atoms with Crippen molar-refractivity contribution >= 4 is 12.0 Å². The number of epoxide rings is 1. The van der Waals surface area contributed by atoms with Crippen LogP contribution < -0.4 is 0 Å². The molecule has 1 unspecified atom stereocenters. The molecule has 0 aromatic heterocycles. The summed E-state index contributed by atoms with van der Waals surface area (Å²) in [6.45, 7) is 8.16. The number of ether oxygens (including phenoxy) is 2. The number of hydrogen-bond acceptors (Lipinski definition) is 3. The largest absolute Gasteiger partial charge is 0.463 e. The van der Waals surface area contributed by atoms with Gasteiger partial charge in [0.25, 0.3) is 0 Å². The molecule has 2 rings (SSSR count). The van der Waals surface area contributed by atoms with Gasteiger partial charge in [-0.1, -0.05) is 49.1 Å². The Bertz CT molecular complexity index is 380. The van der Waals surface area contributed by atoms with Crippen molar-refractivity contribution < 1.29 is 14.3 Å². The molecule has 3 nitrogen and oxygen atoms in total. The second-order valence-corrected chi connectivity index (χ2v) is 3.75. The quantitative estimate of drug-likeness (QED) is 0.455. The number of rotatable bonds is 5. The van der Waals surface area contributed by atoms with E-state index in [9.17, 15) is 4.79 Å². The molecule has 1 atom stereocenters. The second kappa shape index (κ2) is 8.25. The third-order valence-electron chi connectivity index (χ3n) is 2.18. The Morgan fingerprint density at radius 2 is 2.06 bits per heavy atom. The predicted octanol–water partition coefficient (Wildman–Crippen LogP) is 2.83. The number of esters is 1. The maximum Gasteiger partial charge on any atom is 0.309 e. The molecule has 0 saturated carbocycles. The highest BCUT2D eigenvalue weighted by molar-refractivity contribution is 5.70. The molecule has 0 radical (unpaired) electrons. The van der Waals surface area contributed by atoms with Crippen LogP contribution in [0.15, 0.2) is 49.6 Å². The van der Waals surface area contributed by atoms with Crippen LogP contribution in [0.25, 0.3) is 6.08 Å². The van der Waals surface area contributed by atoms with Crippen molar-refractivity contribution in [3.05, 3.63) is 55.1 Å². The van der Waals surface area contributed by atoms with Crippen LogP contribution in [-0.2, 0) is 14.3 Å². The van der Waals surface area contributed by atoms with Crippen LogP contribution in [0.2, 0.25) is 0 Å². The molecule has 0 N–H and O–H groups in total. The summed E-state index contributed by atoms with van der Waals surface area (Å²) in [6, 6.07) is 10.0. The van der Waals surface area contributed by atoms with Crippen molar-refractivity contribution in [2.24, 2.45) is 0 Å². The second-order valence-electron chi connectivity index (χ2n) is 3.75. The summed E-state index contributed by atoms with van der Waals surface area (Å²) >= 11 is 0. The average molecular weight is 246 g/mol. The minimum Gasteiger partial charge on any atom is -0.463 e. The highest BCUT2D eigenvalue weighted by Gasteiger charge is 2.23. The zero-order chi connectivity index (χ0) is 13.2.